The second-order valence-corrected chi connectivity index (χ2v) is 8.82. The molecule has 2 aromatic rings. The lowest BCUT2D eigenvalue weighted by Crippen LogP contribution is -2.51. The van der Waals surface area contributed by atoms with Crippen LogP contribution in [0.15, 0.2) is 36.5 Å². The summed E-state index contributed by atoms with van der Waals surface area (Å²) >= 11 is 0. The van der Waals surface area contributed by atoms with Crippen LogP contribution < -0.4 is 10.1 Å². The molecule has 0 spiro atoms. The Morgan fingerprint density at radius 3 is 2.71 bits per heavy atom. The molecule has 34 heavy (non-hydrogen) atoms. The van der Waals surface area contributed by atoms with Crippen LogP contribution in [0.2, 0.25) is 0 Å². The number of benzene rings is 1. The van der Waals surface area contributed by atoms with Crippen molar-refractivity contribution in [1.29, 1.82) is 0 Å². The van der Waals surface area contributed by atoms with Gasteiger partial charge in [-0.1, -0.05) is 26.0 Å². The summed E-state index contributed by atoms with van der Waals surface area (Å²) in [6.45, 7) is 6.74. The summed E-state index contributed by atoms with van der Waals surface area (Å²) in [5.74, 6) is -0.613. The average Bonchev–Trinajstić information content (AvgIpc) is 2.84. The van der Waals surface area contributed by atoms with Crippen molar-refractivity contribution < 1.29 is 23.8 Å². The Hall–Kier alpha value is -3.20. The minimum Gasteiger partial charge on any atom is -0.472 e. The Bertz CT molecular complexity index is 1000. The molecule has 2 heterocycles. The van der Waals surface area contributed by atoms with Crippen molar-refractivity contribution in [3.8, 4) is 17.0 Å². The largest absolute Gasteiger partial charge is 0.472 e. The Morgan fingerprint density at radius 1 is 1.35 bits per heavy atom. The maximum absolute atomic E-state index is 13.5. The van der Waals surface area contributed by atoms with Crippen LogP contribution in [-0.4, -0.2) is 77.3 Å². The molecule has 0 saturated heterocycles. The van der Waals surface area contributed by atoms with Crippen LogP contribution in [0.3, 0.4) is 0 Å². The van der Waals surface area contributed by atoms with Gasteiger partial charge in [0.25, 0.3) is 5.91 Å². The summed E-state index contributed by atoms with van der Waals surface area (Å²) in [5, 5.41) is 12.6. The third-order valence-electron chi connectivity index (χ3n) is 6.03. The fourth-order valence-electron chi connectivity index (χ4n) is 3.84. The number of aliphatic hydroxyl groups excluding tert-OH is 1. The van der Waals surface area contributed by atoms with E-state index in [1.54, 1.807) is 48.2 Å². The minimum atomic E-state index is -0.429. The Morgan fingerprint density at radius 2 is 2.06 bits per heavy atom. The number of fused-ring (bicyclic) bond motifs is 1. The number of carbonyl (C=O) groups excluding carboxylic acids is 2. The molecule has 2 N–H and O–H groups in total. The summed E-state index contributed by atoms with van der Waals surface area (Å²) in [7, 11) is 1.70. The van der Waals surface area contributed by atoms with Crippen molar-refractivity contribution in [2.75, 3.05) is 33.3 Å². The van der Waals surface area contributed by atoms with E-state index in [9.17, 15) is 19.1 Å². The summed E-state index contributed by atoms with van der Waals surface area (Å²) in [6.07, 6.45) is 1.99. The molecular weight excluding hydrogens is 439 g/mol. The smallest absolute Gasteiger partial charge is 0.317 e. The van der Waals surface area contributed by atoms with Crippen LogP contribution in [0.25, 0.3) is 11.1 Å². The van der Waals surface area contributed by atoms with Crippen LogP contribution in [0.5, 0.6) is 5.88 Å². The van der Waals surface area contributed by atoms with E-state index < -0.39 is 12.1 Å². The van der Waals surface area contributed by atoms with Crippen molar-refractivity contribution in [3.63, 3.8) is 0 Å². The molecule has 1 aliphatic rings. The number of likely N-dealkylation sites (N-methyl/N-ethyl adjacent to an activating group) is 1. The number of hydrogen-bond donors (Lipinski definition) is 2. The third kappa shape index (κ3) is 5.83. The van der Waals surface area contributed by atoms with Gasteiger partial charge in [-0.3, -0.25) is 4.79 Å². The second kappa shape index (κ2) is 11.3. The van der Waals surface area contributed by atoms with E-state index in [4.69, 9.17) is 4.74 Å². The molecule has 9 heteroatoms. The zero-order valence-electron chi connectivity index (χ0n) is 20.1. The van der Waals surface area contributed by atoms with Gasteiger partial charge in [-0.2, -0.15) is 0 Å². The molecule has 0 aliphatic carbocycles. The predicted octanol–water partition coefficient (Wildman–Crippen LogP) is 3.16. The maximum atomic E-state index is 13.5. The van der Waals surface area contributed by atoms with Crippen LogP contribution in [0.1, 0.15) is 37.6 Å². The van der Waals surface area contributed by atoms with Gasteiger partial charge in [-0.05, 0) is 37.1 Å². The van der Waals surface area contributed by atoms with E-state index in [-0.39, 0.29) is 41.7 Å². The molecule has 1 aromatic carbocycles. The number of halogens is 1. The highest BCUT2D eigenvalue weighted by Gasteiger charge is 2.34. The first-order valence-electron chi connectivity index (χ1n) is 11.6. The number of nitrogens with zero attached hydrogens (tertiary/aromatic N) is 3. The van der Waals surface area contributed by atoms with E-state index in [1.165, 1.54) is 12.1 Å². The zero-order chi connectivity index (χ0) is 24.8. The molecule has 3 atom stereocenters. The Balaban J connectivity index is 1.97. The van der Waals surface area contributed by atoms with E-state index >= 15 is 0 Å². The van der Waals surface area contributed by atoms with Gasteiger partial charge in [0.15, 0.2) is 0 Å². The molecule has 8 nitrogen and oxygen atoms in total. The second-order valence-electron chi connectivity index (χ2n) is 8.82. The SMILES string of the molecule is CCCNC(=O)N(C)C[C@@H]1Oc2ncc(-c3ccc(F)cc3)cc2C(=O)N([C@H](C)CO)C[C@@H]1C. The number of ether oxygens (including phenoxy) is 1. The lowest BCUT2D eigenvalue weighted by atomic mass is 9.99. The number of carbonyl (C=O) groups is 2. The fraction of sp³-hybridized carbons (Fsp3) is 0.480. The van der Waals surface area contributed by atoms with Gasteiger partial charge in [-0.25, -0.2) is 14.2 Å². The molecule has 3 rings (SSSR count). The van der Waals surface area contributed by atoms with Crippen molar-refractivity contribution in [2.24, 2.45) is 5.92 Å². The average molecular weight is 473 g/mol. The van der Waals surface area contributed by atoms with Crippen LogP contribution in [-0.2, 0) is 0 Å². The summed E-state index contributed by atoms with van der Waals surface area (Å²) in [6, 6.07) is 7.01. The Labute approximate surface area is 199 Å². The molecule has 1 aliphatic heterocycles. The van der Waals surface area contributed by atoms with Crippen LogP contribution in [0.4, 0.5) is 9.18 Å². The number of pyridine rings is 1. The topological polar surface area (TPSA) is 95.0 Å². The van der Waals surface area contributed by atoms with Gasteiger partial charge >= 0.3 is 6.03 Å². The minimum absolute atomic E-state index is 0.133. The van der Waals surface area contributed by atoms with E-state index in [1.807, 2.05) is 13.8 Å². The lowest BCUT2D eigenvalue weighted by Gasteiger charge is -2.37. The fourth-order valence-corrected chi connectivity index (χ4v) is 3.84. The molecule has 1 aromatic heterocycles. The van der Waals surface area contributed by atoms with Crippen LogP contribution in [0, 0.1) is 11.7 Å². The number of hydrogen-bond acceptors (Lipinski definition) is 5. The maximum Gasteiger partial charge on any atom is 0.317 e. The first-order chi connectivity index (χ1) is 16.2. The normalized spacial score (nSPS) is 18.9. The number of urea groups is 1. The quantitative estimate of drug-likeness (QED) is 0.646. The van der Waals surface area contributed by atoms with Gasteiger partial charge in [0.2, 0.25) is 5.88 Å². The van der Waals surface area contributed by atoms with Crippen molar-refractivity contribution in [2.45, 2.75) is 39.3 Å². The first kappa shape index (κ1) is 25.4. The third-order valence-corrected chi connectivity index (χ3v) is 6.03. The summed E-state index contributed by atoms with van der Waals surface area (Å²) < 4.78 is 19.6. The van der Waals surface area contributed by atoms with Crippen molar-refractivity contribution in [1.82, 2.24) is 20.1 Å². The summed E-state index contributed by atoms with van der Waals surface area (Å²) in [5.41, 5.74) is 1.62. The van der Waals surface area contributed by atoms with Gasteiger partial charge in [-0.15, -0.1) is 0 Å². The number of nitrogens with one attached hydrogen (secondary N) is 1. The predicted molar refractivity (Wildman–Crippen MR) is 127 cm³/mol. The highest BCUT2D eigenvalue weighted by molar-refractivity contribution is 5.98. The van der Waals surface area contributed by atoms with E-state index in [2.05, 4.69) is 10.3 Å². The monoisotopic (exact) mass is 472 g/mol. The number of rotatable bonds is 7. The van der Waals surface area contributed by atoms with E-state index in [0.29, 0.717) is 30.8 Å². The molecule has 3 amide bonds. The molecule has 0 bridgehead atoms. The lowest BCUT2D eigenvalue weighted by molar-refractivity contribution is 0.0352. The summed E-state index contributed by atoms with van der Waals surface area (Å²) in [4.78, 5) is 33.5. The van der Waals surface area contributed by atoms with Gasteiger partial charge in [0, 0.05) is 37.8 Å². The molecule has 184 valence electrons. The van der Waals surface area contributed by atoms with Crippen LogP contribution >= 0.6 is 0 Å². The molecule has 0 radical (unpaired) electrons. The highest BCUT2D eigenvalue weighted by Crippen LogP contribution is 2.30. The van der Waals surface area contributed by atoms with Crippen molar-refractivity contribution in [3.05, 3.63) is 47.9 Å². The Kier molecular flexibility index (Phi) is 8.44. The highest BCUT2D eigenvalue weighted by atomic mass is 19.1. The van der Waals surface area contributed by atoms with Gasteiger partial charge < -0.3 is 25.0 Å². The standard InChI is InChI=1S/C25H33FN4O4/c1-5-10-27-25(33)29(4)14-22-16(2)13-30(17(3)15-31)24(32)21-11-19(12-28-23(21)34-22)18-6-8-20(26)9-7-18/h6-9,11-12,16-17,22,31H,5,10,13-15H2,1-4H3,(H,27,33)/t16-,17+,22-/m0/s1. The molecular formula is C25H33FN4O4. The van der Waals surface area contributed by atoms with E-state index in [0.717, 1.165) is 6.42 Å². The molecule has 0 fully saturated rings. The number of amides is 3. The zero-order valence-corrected chi connectivity index (χ0v) is 20.1. The van der Waals surface area contributed by atoms with Crippen molar-refractivity contribution >= 4 is 11.9 Å². The first-order valence-corrected chi connectivity index (χ1v) is 11.6. The number of aromatic nitrogens is 1. The number of aliphatic hydroxyl groups is 1. The van der Waals surface area contributed by atoms with Gasteiger partial charge in [0.05, 0.1) is 19.2 Å². The molecule has 0 saturated carbocycles. The van der Waals surface area contributed by atoms with Gasteiger partial charge in [0.1, 0.15) is 17.5 Å². The molecule has 0 unspecified atom stereocenters.